The molecule has 22 heavy (non-hydrogen) atoms. The molecule has 2 amide bonds. The molecule has 4 nitrogen and oxygen atoms in total. The van der Waals surface area contributed by atoms with Gasteiger partial charge in [-0.2, -0.15) is 0 Å². The predicted octanol–water partition coefficient (Wildman–Crippen LogP) is 3.39. The van der Waals surface area contributed by atoms with E-state index in [0.717, 1.165) is 11.3 Å². The predicted molar refractivity (Wildman–Crippen MR) is 83.2 cm³/mol. The first-order valence-electron chi connectivity index (χ1n) is 7.02. The minimum atomic E-state index is -0.341. The molecule has 116 valence electrons. The average Bonchev–Trinajstić information content (AvgIpc) is 2.54. The van der Waals surface area contributed by atoms with Gasteiger partial charge in [-0.25, -0.2) is 9.18 Å². The monoisotopic (exact) mass is 302 g/mol. The highest BCUT2D eigenvalue weighted by Crippen LogP contribution is 2.17. The summed E-state index contributed by atoms with van der Waals surface area (Å²) in [6.45, 7) is 2.03. The zero-order chi connectivity index (χ0) is 15.9. The molecule has 0 bridgehead atoms. The summed E-state index contributed by atoms with van der Waals surface area (Å²) in [5.41, 5.74) is 1.41. The van der Waals surface area contributed by atoms with Crippen molar-refractivity contribution in [3.8, 4) is 5.75 Å². The third-order valence-corrected chi connectivity index (χ3v) is 3.36. The summed E-state index contributed by atoms with van der Waals surface area (Å²) < 4.78 is 18.5. The van der Waals surface area contributed by atoms with Gasteiger partial charge in [0.2, 0.25) is 0 Å². The lowest BCUT2D eigenvalue weighted by Gasteiger charge is -2.15. The van der Waals surface area contributed by atoms with Crippen LogP contribution in [0.25, 0.3) is 0 Å². The van der Waals surface area contributed by atoms with Crippen molar-refractivity contribution in [1.29, 1.82) is 0 Å². The number of rotatable bonds is 5. The second kappa shape index (κ2) is 7.45. The number of urea groups is 1. The Kier molecular flexibility index (Phi) is 5.36. The van der Waals surface area contributed by atoms with Gasteiger partial charge in [0.05, 0.1) is 13.2 Å². The second-order valence-electron chi connectivity index (χ2n) is 4.91. The van der Waals surface area contributed by atoms with E-state index < -0.39 is 0 Å². The summed E-state index contributed by atoms with van der Waals surface area (Å²) in [5.74, 6) is 0.436. The van der Waals surface area contributed by atoms with Gasteiger partial charge in [0.25, 0.3) is 0 Å². The molecule has 5 heteroatoms. The minimum Gasteiger partial charge on any atom is -0.497 e. The molecule has 0 fully saturated rings. The van der Waals surface area contributed by atoms with Crippen LogP contribution < -0.4 is 15.4 Å². The summed E-state index contributed by atoms with van der Waals surface area (Å²) in [4.78, 5) is 11.9. The standard InChI is InChI=1S/C17H19FN2O2/c1-12(13-7-9-15(22-2)10-8-13)20-17(21)19-11-14-5-3-4-6-16(14)18/h3-10,12H,11H2,1-2H3,(H2,19,20,21). The molecule has 2 aromatic rings. The average molecular weight is 302 g/mol. The van der Waals surface area contributed by atoms with Crippen LogP contribution >= 0.6 is 0 Å². The summed E-state index contributed by atoms with van der Waals surface area (Å²) in [7, 11) is 1.60. The van der Waals surface area contributed by atoms with E-state index in [1.165, 1.54) is 6.07 Å². The van der Waals surface area contributed by atoms with Crippen LogP contribution in [0, 0.1) is 5.82 Å². The number of halogens is 1. The van der Waals surface area contributed by atoms with Crippen molar-refractivity contribution in [1.82, 2.24) is 10.6 Å². The highest BCUT2D eigenvalue weighted by Gasteiger charge is 2.10. The molecule has 1 unspecified atom stereocenters. The fraction of sp³-hybridized carbons (Fsp3) is 0.235. The number of methoxy groups -OCH3 is 1. The Morgan fingerprint density at radius 3 is 2.50 bits per heavy atom. The molecule has 0 aromatic heterocycles. The van der Waals surface area contributed by atoms with Gasteiger partial charge in [-0.15, -0.1) is 0 Å². The number of ether oxygens (including phenoxy) is 1. The normalized spacial score (nSPS) is 11.6. The van der Waals surface area contributed by atoms with Crippen LogP contribution in [0.15, 0.2) is 48.5 Å². The van der Waals surface area contributed by atoms with Gasteiger partial charge in [0, 0.05) is 12.1 Å². The molecule has 2 aromatic carbocycles. The van der Waals surface area contributed by atoms with Gasteiger partial charge in [0.15, 0.2) is 0 Å². The first-order chi connectivity index (χ1) is 10.6. The highest BCUT2D eigenvalue weighted by molar-refractivity contribution is 5.74. The number of carbonyl (C=O) groups is 1. The van der Waals surface area contributed by atoms with Crippen LogP contribution in [-0.2, 0) is 6.54 Å². The largest absolute Gasteiger partial charge is 0.497 e. The summed E-state index contributed by atoms with van der Waals surface area (Å²) >= 11 is 0. The maximum Gasteiger partial charge on any atom is 0.315 e. The number of hydrogen-bond donors (Lipinski definition) is 2. The van der Waals surface area contributed by atoms with E-state index in [9.17, 15) is 9.18 Å². The van der Waals surface area contributed by atoms with Gasteiger partial charge in [-0.1, -0.05) is 30.3 Å². The molecule has 1 atom stereocenters. The third-order valence-electron chi connectivity index (χ3n) is 3.36. The Morgan fingerprint density at radius 1 is 1.18 bits per heavy atom. The Balaban J connectivity index is 1.87. The van der Waals surface area contributed by atoms with E-state index >= 15 is 0 Å². The summed E-state index contributed by atoms with van der Waals surface area (Å²) in [5, 5.41) is 5.46. The number of benzene rings is 2. The van der Waals surface area contributed by atoms with Crippen LogP contribution in [0.3, 0.4) is 0 Å². The summed E-state index contributed by atoms with van der Waals surface area (Å²) in [6, 6.07) is 13.3. The molecule has 0 aliphatic carbocycles. The quantitative estimate of drug-likeness (QED) is 0.889. The third kappa shape index (κ3) is 4.22. The number of hydrogen-bond acceptors (Lipinski definition) is 2. The van der Waals surface area contributed by atoms with Gasteiger partial charge in [-0.3, -0.25) is 0 Å². The van der Waals surface area contributed by atoms with Crippen molar-refractivity contribution >= 4 is 6.03 Å². The lowest BCUT2D eigenvalue weighted by Crippen LogP contribution is -2.36. The fourth-order valence-electron chi connectivity index (χ4n) is 2.04. The van der Waals surface area contributed by atoms with Gasteiger partial charge < -0.3 is 15.4 Å². The molecular formula is C17H19FN2O2. The molecule has 0 heterocycles. The molecule has 2 N–H and O–H groups in total. The van der Waals surface area contributed by atoms with Crippen LogP contribution in [-0.4, -0.2) is 13.1 Å². The number of amides is 2. The van der Waals surface area contributed by atoms with Crippen molar-refractivity contribution in [3.05, 3.63) is 65.5 Å². The van der Waals surface area contributed by atoms with E-state index in [-0.39, 0.29) is 24.4 Å². The number of carbonyl (C=O) groups excluding carboxylic acids is 1. The Labute approximate surface area is 129 Å². The zero-order valence-corrected chi connectivity index (χ0v) is 12.6. The van der Waals surface area contributed by atoms with Crippen molar-refractivity contribution in [2.45, 2.75) is 19.5 Å². The van der Waals surface area contributed by atoms with Crippen molar-refractivity contribution in [2.75, 3.05) is 7.11 Å². The molecule has 0 spiro atoms. The summed E-state index contributed by atoms with van der Waals surface area (Å²) in [6.07, 6.45) is 0. The Morgan fingerprint density at radius 2 is 1.86 bits per heavy atom. The first-order valence-corrected chi connectivity index (χ1v) is 7.02. The van der Waals surface area contributed by atoms with E-state index in [1.807, 2.05) is 31.2 Å². The molecular weight excluding hydrogens is 283 g/mol. The SMILES string of the molecule is COc1ccc(C(C)NC(=O)NCc2ccccc2F)cc1. The van der Waals surface area contributed by atoms with Crippen LogP contribution in [0.1, 0.15) is 24.1 Å². The molecule has 0 saturated carbocycles. The highest BCUT2D eigenvalue weighted by atomic mass is 19.1. The van der Waals surface area contributed by atoms with E-state index in [1.54, 1.807) is 25.3 Å². The van der Waals surface area contributed by atoms with Crippen LogP contribution in [0.2, 0.25) is 0 Å². The maximum absolute atomic E-state index is 13.5. The lowest BCUT2D eigenvalue weighted by atomic mass is 10.1. The maximum atomic E-state index is 13.5. The molecule has 2 rings (SSSR count). The van der Waals surface area contributed by atoms with E-state index in [0.29, 0.717) is 5.56 Å². The van der Waals surface area contributed by atoms with Crippen molar-refractivity contribution in [3.63, 3.8) is 0 Å². The number of nitrogens with one attached hydrogen (secondary N) is 2. The Bertz CT molecular complexity index is 629. The van der Waals surface area contributed by atoms with E-state index in [4.69, 9.17) is 4.74 Å². The second-order valence-corrected chi connectivity index (χ2v) is 4.91. The molecule has 0 aliphatic heterocycles. The van der Waals surface area contributed by atoms with Crippen LogP contribution in [0.4, 0.5) is 9.18 Å². The van der Waals surface area contributed by atoms with Crippen LogP contribution in [0.5, 0.6) is 5.75 Å². The molecule has 0 aliphatic rings. The molecule has 0 radical (unpaired) electrons. The van der Waals surface area contributed by atoms with E-state index in [2.05, 4.69) is 10.6 Å². The minimum absolute atomic E-state index is 0.147. The van der Waals surface area contributed by atoms with Gasteiger partial charge in [-0.05, 0) is 30.7 Å². The fourth-order valence-corrected chi connectivity index (χ4v) is 2.04. The van der Waals surface area contributed by atoms with Crippen molar-refractivity contribution in [2.24, 2.45) is 0 Å². The lowest BCUT2D eigenvalue weighted by molar-refractivity contribution is 0.237. The van der Waals surface area contributed by atoms with Crippen molar-refractivity contribution < 1.29 is 13.9 Å². The smallest absolute Gasteiger partial charge is 0.315 e. The van der Waals surface area contributed by atoms with Gasteiger partial charge in [0.1, 0.15) is 11.6 Å². The topological polar surface area (TPSA) is 50.4 Å². The Hall–Kier alpha value is -2.56. The van der Waals surface area contributed by atoms with Gasteiger partial charge >= 0.3 is 6.03 Å². The first kappa shape index (κ1) is 15.8. The molecule has 0 saturated heterocycles. The zero-order valence-electron chi connectivity index (χ0n) is 12.6.